The van der Waals surface area contributed by atoms with Gasteiger partial charge in [-0.15, -0.1) is 0 Å². The molecule has 0 saturated carbocycles. The number of nitrogens with zero attached hydrogens (tertiary/aromatic N) is 4. The van der Waals surface area contributed by atoms with E-state index >= 15 is 0 Å². The van der Waals surface area contributed by atoms with Crippen LogP contribution in [0.1, 0.15) is 43.1 Å². The van der Waals surface area contributed by atoms with Crippen LogP contribution in [0.25, 0.3) is 0 Å². The van der Waals surface area contributed by atoms with Gasteiger partial charge in [0.05, 0.1) is 12.2 Å². The van der Waals surface area contributed by atoms with Gasteiger partial charge in [-0.3, -0.25) is 4.79 Å². The molecule has 1 aromatic rings. The highest BCUT2D eigenvalue weighted by Gasteiger charge is 2.26. The molecule has 2 N–H and O–H groups in total. The maximum atomic E-state index is 11.8. The average molecular weight is 303 g/mol. The maximum absolute atomic E-state index is 11.8. The summed E-state index contributed by atoms with van der Waals surface area (Å²) in [4.78, 5) is 25.3. The van der Waals surface area contributed by atoms with Crippen molar-refractivity contribution in [3.63, 3.8) is 0 Å². The van der Waals surface area contributed by atoms with E-state index < -0.39 is 0 Å². The molecule has 1 unspecified atom stereocenters. The number of carbonyl (C=O) groups is 1. The Hall–Kier alpha value is -1.69. The summed E-state index contributed by atoms with van der Waals surface area (Å²) in [5.74, 6) is 2.20. The number of rotatable bonds is 3. The Morgan fingerprint density at radius 3 is 2.77 bits per heavy atom. The number of nitrogens with two attached hydrogens (primary N) is 1. The van der Waals surface area contributed by atoms with Crippen LogP contribution in [0.15, 0.2) is 6.07 Å². The normalized spacial score (nSPS) is 22.2. The number of aryl methyl sites for hydroxylation is 1. The Bertz CT molecular complexity index is 541. The lowest BCUT2D eigenvalue weighted by Crippen LogP contribution is -2.42. The van der Waals surface area contributed by atoms with E-state index in [0.717, 1.165) is 56.4 Å². The largest absolute Gasteiger partial charge is 0.357 e. The molecule has 0 bridgehead atoms. The van der Waals surface area contributed by atoms with Gasteiger partial charge in [-0.05, 0) is 32.6 Å². The summed E-state index contributed by atoms with van der Waals surface area (Å²) in [6.07, 6.45) is 4.56. The third-order valence-corrected chi connectivity index (χ3v) is 4.64. The van der Waals surface area contributed by atoms with Crippen LogP contribution in [-0.4, -0.2) is 53.5 Å². The summed E-state index contributed by atoms with van der Waals surface area (Å²) in [5.41, 5.74) is 6.57. The van der Waals surface area contributed by atoms with Gasteiger partial charge in [0.25, 0.3) is 0 Å². The molecule has 2 aliphatic heterocycles. The minimum atomic E-state index is 0.0373. The fourth-order valence-corrected chi connectivity index (χ4v) is 3.47. The van der Waals surface area contributed by atoms with E-state index in [2.05, 4.69) is 20.9 Å². The molecule has 2 saturated heterocycles. The van der Waals surface area contributed by atoms with Gasteiger partial charge in [-0.25, -0.2) is 9.97 Å². The lowest BCUT2D eigenvalue weighted by molar-refractivity contribution is -0.130. The first-order valence-corrected chi connectivity index (χ1v) is 8.25. The van der Waals surface area contributed by atoms with Gasteiger partial charge in [0, 0.05) is 38.2 Å². The van der Waals surface area contributed by atoms with Crippen molar-refractivity contribution in [3.8, 4) is 0 Å². The Balaban J connectivity index is 1.79. The molecule has 0 spiro atoms. The van der Waals surface area contributed by atoms with Crippen molar-refractivity contribution in [2.24, 2.45) is 5.73 Å². The summed E-state index contributed by atoms with van der Waals surface area (Å²) in [6.45, 7) is 5.75. The highest BCUT2D eigenvalue weighted by Crippen LogP contribution is 2.28. The van der Waals surface area contributed by atoms with Crippen LogP contribution in [0.4, 0.5) is 5.82 Å². The number of likely N-dealkylation sites (tertiary alicyclic amines) is 1. The van der Waals surface area contributed by atoms with Crippen molar-refractivity contribution in [1.29, 1.82) is 0 Å². The van der Waals surface area contributed by atoms with Crippen LogP contribution in [0, 0.1) is 6.92 Å². The molecule has 1 atom stereocenters. The monoisotopic (exact) mass is 303 g/mol. The maximum Gasteiger partial charge on any atom is 0.236 e. The summed E-state index contributed by atoms with van der Waals surface area (Å²) in [6, 6.07) is 2.12. The third-order valence-electron chi connectivity index (χ3n) is 4.64. The first-order chi connectivity index (χ1) is 10.7. The molecule has 0 radical (unpaired) electrons. The van der Waals surface area contributed by atoms with Crippen molar-refractivity contribution < 1.29 is 4.79 Å². The number of anilines is 1. The minimum Gasteiger partial charge on any atom is -0.357 e. The van der Waals surface area contributed by atoms with Crippen molar-refractivity contribution in [2.75, 3.05) is 37.6 Å². The van der Waals surface area contributed by atoms with Gasteiger partial charge in [0.15, 0.2) is 0 Å². The summed E-state index contributed by atoms with van der Waals surface area (Å²) in [7, 11) is 0. The first-order valence-electron chi connectivity index (χ1n) is 8.25. The zero-order valence-corrected chi connectivity index (χ0v) is 13.3. The molecule has 1 aromatic heterocycles. The van der Waals surface area contributed by atoms with Crippen LogP contribution >= 0.6 is 0 Å². The van der Waals surface area contributed by atoms with Gasteiger partial charge in [0.1, 0.15) is 11.6 Å². The van der Waals surface area contributed by atoms with E-state index in [9.17, 15) is 4.79 Å². The number of carbonyl (C=O) groups excluding carboxylic acids is 1. The molecular weight excluding hydrogens is 278 g/mol. The predicted octanol–water partition coefficient (Wildman–Crippen LogP) is 1.05. The molecular formula is C16H25N5O. The van der Waals surface area contributed by atoms with E-state index in [1.807, 2.05) is 11.8 Å². The lowest BCUT2D eigenvalue weighted by Gasteiger charge is -2.32. The predicted molar refractivity (Wildman–Crippen MR) is 85.8 cm³/mol. The fourth-order valence-electron chi connectivity index (χ4n) is 3.47. The summed E-state index contributed by atoms with van der Waals surface area (Å²) >= 11 is 0. The Morgan fingerprint density at radius 2 is 2.05 bits per heavy atom. The van der Waals surface area contributed by atoms with E-state index in [1.165, 1.54) is 12.8 Å². The van der Waals surface area contributed by atoms with Crippen LogP contribution in [0.2, 0.25) is 0 Å². The van der Waals surface area contributed by atoms with Crippen molar-refractivity contribution >= 4 is 11.7 Å². The zero-order chi connectivity index (χ0) is 15.5. The molecule has 120 valence electrons. The van der Waals surface area contributed by atoms with Gasteiger partial charge in [0.2, 0.25) is 5.91 Å². The Morgan fingerprint density at radius 1 is 1.27 bits per heavy atom. The van der Waals surface area contributed by atoms with Crippen LogP contribution in [0.5, 0.6) is 0 Å². The summed E-state index contributed by atoms with van der Waals surface area (Å²) in [5, 5.41) is 0. The van der Waals surface area contributed by atoms with Crippen LogP contribution < -0.4 is 10.6 Å². The lowest BCUT2D eigenvalue weighted by atomic mass is 9.94. The van der Waals surface area contributed by atoms with Gasteiger partial charge in [-0.2, -0.15) is 0 Å². The van der Waals surface area contributed by atoms with Gasteiger partial charge in [-0.1, -0.05) is 0 Å². The molecule has 1 amide bonds. The molecule has 3 heterocycles. The van der Waals surface area contributed by atoms with E-state index in [-0.39, 0.29) is 12.5 Å². The van der Waals surface area contributed by atoms with E-state index in [4.69, 9.17) is 5.73 Å². The van der Waals surface area contributed by atoms with Crippen LogP contribution in [0.3, 0.4) is 0 Å². The molecule has 0 aromatic carbocycles. The quantitative estimate of drug-likeness (QED) is 0.903. The second-order valence-corrected chi connectivity index (χ2v) is 6.28. The Kier molecular flexibility index (Phi) is 4.57. The molecule has 6 heteroatoms. The SMILES string of the molecule is Cc1nc(C2CCCN(C(=O)CN)C2)cc(N2CCCC2)n1. The molecule has 2 aliphatic rings. The third kappa shape index (κ3) is 3.21. The van der Waals surface area contributed by atoms with Crippen LogP contribution in [-0.2, 0) is 4.79 Å². The average Bonchev–Trinajstić information content (AvgIpc) is 3.08. The number of amides is 1. The van der Waals surface area contributed by atoms with Gasteiger partial charge >= 0.3 is 0 Å². The highest BCUT2D eigenvalue weighted by molar-refractivity contribution is 5.78. The molecule has 2 fully saturated rings. The fraction of sp³-hybridized carbons (Fsp3) is 0.688. The standard InChI is InChI=1S/C16H25N5O/c1-12-18-14(9-15(19-12)20-6-2-3-7-20)13-5-4-8-21(11-13)16(22)10-17/h9,13H,2-8,10-11,17H2,1H3. The topological polar surface area (TPSA) is 75.3 Å². The number of hydrogen-bond donors (Lipinski definition) is 1. The smallest absolute Gasteiger partial charge is 0.236 e. The molecule has 0 aliphatic carbocycles. The molecule has 3 rings (SSSR count). The minimum absolute atomic E-state index is 0.0373. The van der Waals surface area contributed by atoms with E-state index in [0.29, 0.717) is 5.92 Å². The Labute approximate surface area is 131 Å². The van der Waals surface area contributed by atoms with Crippen molar-refractivity contribution in [1.82, 2.24) is 14.9 Å². The molecule has 6 nitrogen and oxygen atoms in total. The van der Waals surface area contributed by atoms with Crippen molar-refractivity contribution in [3.05, 3.63) is 17.6 Å². The first kappa shape index (κ1) is 15.2. The van der Waals surface area contributed by atoms with Crippen molar-refractivity contribution in [2.45, 2.75) is 38.5 Å². The molecule has 22 heavy (non-hydrogen) atoms. The second-order valence-electron chi connectivity index (χ2n) is 6.28. The zero-order valence-electron chi connectivity index (χ0n) is 13.3. The number of hydrogen-bond acceptors (Lipinski definition) is 5. The van der Waals surface area contributed by atoms with Gasteiger partial charge < -0.3 is 15.5 Å². The van der Waals surface area contributed by atoms with E-state index in [1.54, 1.807) is 0 Å². The number of piperidine rings is 1. The summed E-state index contributed by atoms with van der Waals surface area (Å²) < 4.78 is 0. The highest BCUT2D eigenvalue weighted by atomic mass is 16.2. The number of aromatic nitrogens is 2. The second kappa shape index (κ2) is 6.60.